The third-order valence-corrected chi connectivity index (χ3v) is 5.70. The lowest BCUT2D eigenvalue weighted by atomic mass is 9.72. The second kappa shape index (κ2) is 7.75. The largest absolute Gasteiger partial charge is 0.463 e. The quantitative estimate of drug-likeness (QED) is 0.779. The minimum atomic E-state index is 0.525. The fourth-order valence-electron chi connectivity index (χ4n) is 4.19. The van der Waals surface area contributed by atoms with E-state index in [0.717, 1.165) is 24.5 Å². The van der Waals surface area contributed by atoms with Gasteiger partial charge >= 0.3 is 6.01 Å². The first-order valence-electron chi connectivity index (χ1n) is 9.92. The normalized spacial score (nSPS) is 23.0. The van der Waals surface area contributed by atoms with Gasteiger partial charge in [-0.3, -0.25) is 4.90 Å². The van der Waals surface area contributed by atoms with E-state index in [1.807, 2.05) is 19.9 Å². The molecule has 2 aliphatic rings. The summed E-state index contributed by atoms with van der Waals surface area (Å²) in [6.07, 6.45) is 5.13. The maximum absolute atomic E-state index is 5.82. The molecule has 4 nitrogen and oxygen atoms in total. The fraction of sp³-hybridized carbons (Fsp3) is 0.545. The first-order valence-corrected chi connectivity index (χ1v) is 9.92. The van der Waals surface area contributed by atoms with Gasteiger partial charge in [-0.15, -0.1) is 0 Å². The van der Waals surface area contributed by atoms with Gasteiger partial charge in [-0.1, -0.05) is 24.3 Å². The summed E-state index contributed by atoms with van der Waals surface area (Å²) in [6.45, 7) is 8.32. The van der Waals surface area contributed by atoms with Crippen molar-refractivity contribution >= 4 is 0 Å². The van der Waals surface area contributed by atoms with E-state index in [1.54, 1.807) is 0 Å². The predicted molar refractivity (Wildman–Crippen MR) is 103 cm³/mol. The topological polar surface area (TPSA) is 38.2 Å². The molecule has 2 aromatic rings. The number of benzene rings is 1. The number of aryl methyl sites for hydroxylation is 2. The minimum absolute atomic E-state index is 0.525. The number of hydrogen-bond acceptors (Lipinski definition) is 4. The molecule has 1 aliphatic carbocycles. The van der Waals surface area contributed by atoms with Crippen molar-refractivity contribution in [2.24, 2.45) is 5.92 Å². The van der Waals surface area contributed by atoms with Gasteiger partial charge in [0.15, 0.2) is 0 Å². The van der Waals surface area contributed by atoms with Crippen LogP contribution in [0.15, 0.2) is 30.3 Å². The molecule has 2 fully saturated rings. The first-order chi connectivity index (χ1) is 12.7. The molecule has 1 aliphatic heterocycles. The molecule has 0 unspecified atom stereocenters. The van der Waals surface area contributed by atoms with Crippen molar-refractivity contribution in [3.63, 3.8) is 0 Å². The zero-order chi connectivity index (χ0) is 17.9. The van der Waals surface area contributed by atoms with Crippen molar-refractivity contribution in [2.45, 2.75) is 52.0 Å². The summed E-state index contributed by atoms with van der Waals surface area (Å²) in [7, 11) is 0. The summed E-state index contributed by atoms with van der Waals surface area (Å²) < 4.78 is 5.82. The molecular formula is C22H29N3O. The van der Waals surface area contributed by atoms with E-state index in [2.05, 4.69) is 39.1 Å². The summed E-state index contributed by atoms with van der Waals surface area (Å²) >= 11 is 0. The molecule has 0 amide bonds. The Morgan fingerprint density at radius 3 is 2.31 bits per heavy atom. The van der Waals surface area contributed by atoms with Gasteiger partial charge in [0.2, 0.25) is 0 Å². The van der Waals surface area contributed by atoms with E-state index >= 15 is 0 Å². The molecule has 26 heavy (non-hydrogen) atoms. The van der Waals surface area contributed by atoms with Gasteiger partial charge in [-0.25, -0.2) is 9.97 Å². The molecule has 0 bridgehead atoms. The SMILES string of the molecule is Cc1cc(C)nc(OCC2CC(c3ccc(CN4CCCC4)cc3)C2)n1. The molecule has 138 valence electrons. The standard InChI is InChI=1S/C22H29N3O/c1-16-11-17(2)24-22(23-16)26-15-19-12-21(13-19)20-7-5-18(6-8-20)14-25-9-3-4-10-25/h5-8,11,19,21H,3-4,9-10,12-15H2,1-2H3. The van der Waals surface area contributed by atoms with Crippen LogP contribution in [0.25, 0.3) is 0 Å². The predicted octanol–water partition coefficient (Wildman–Crippen LogP) is 4.26. The molecule has 1 saturated carbocycles. The Kier molecular flexibility index (Phi) is 5.21. The molecule has 2 heterocycles. The van der Waals surface area contributed by atoms with E-state index in [0.29, 0.717) is 17.8 Å². The van der Waals surface area contributed by atoms with Crippen molar-refractivity contribution in [2.75, 3.05) is 19.7 Å². The molecule has 0 radical (unpaired) electrons. The van der Waals surface area contributed by atoms with E-state index in [4.69, 9.17) is 4.74 Å². The van der Waals surface area contributed by atoms with Gasteiger partial charge in [0.25, 0.3) is 0 Å². The highest BCUT2D eigenvalue weighted by molar-refractivity contribution is 5.27. The van der Waals surface area contributed by atoms with Crippen LogP contribution in [0.4, 0.5) is 0 Å². The average molecular weight is 351 g/mol. The number of aromatic nitrogens is 2. The number of ether oxygens (including phenoxy) is 1. The molecule has 1 saturated heterocycles. The van der Waals surface area contributed by atoms with Crippen LogP contribution in [-0.4, -0.2) is 34.6 Å². The average Bonchev–Trinajstić information content (AvgIpc) is 3.07. The first kappa shape index (κ1) is 17.5. The Bertz CT molecular complexity index is 711. The lowest BCUT2D eigenvalue weighted by Crippen LogP contribution is -2.27. The van der Waals surface area contributed by atoms with Crippen molar-refractivity contribution in [3.05, 3.63) is 52.8 Å². The van der Waals surface area contributed by atoms with Gasteiger partial charge in [0, 0.05) is 17.9 Å². The van der Waals surface area contributed by atoms with Crippen LogP contribution in [0.2, 0.25) is 0 Å². The molecular weight excluding hydrogens is 322 g/mol. The van der Waals surface area contributed by atoms with Crippen molar-refractivity contribution < 1.29 is 4.74 Å². The van der Waals surface area contributed by atoms with E-state index in [1.165, 1.54) is 49.9 Å². The summed E-state index contributed by atoms with van der Waals surface area (Å²) in [6, 6.07) is 11.8. The summed E-state index contributed by atoms with van der Waals surface area (Å²) in [5, 5.41) is 0. The second-order valence-electron chi connectivity index (χ2n) is 8.00. The van der Waals surface area contributed by atoms with Crippen LogP contribution in [0.3, 0.4) is 0 Å². The third-order valence-electron chi connectivity index (χ3n) is 5.70. The second-order valence-corrected chi connectivity index (χ2v) is 8.00. The Morgan fingerprint density at radius 1 is 1.00 bits per heavy atom. The van der Waals surface area contributed by atoms with Gasteiger partial charge in [-0.05, 0) is 81.6 Å². The maximum Gasteiger partial charge on any atom is 0.316 e. The van der Waals surface area contributed by atoms with Crippen LogP contribution in [0.5, 0.6) is 6.01 Å². The van der Waals surface area contributed by atoms with Gasteiger partial charge < -0.3 is 4.74 Å². The van der Waals surface area contributed by atoms with E-state index in [9.17, 15) is 0 Å². The highest BCUT2D eigenvalue weighted by Gasteiger charge is 2.31. The lowest BCUT2D eigenvalue weighted by Gasteiger charge is -2.35. The highest BCUT2D eigenvalue weighted by atomic mass is 16.5. The van der Waals surface area contributed by atoms with Gasteiger partial charge in [0.05, 0.1) is 6.61 Å². The van der Waals surface area contributed by atoms with Crippen LogP contribution in [0.1, 0.15) is 54.1 Å². The number of rotatable bonds is 6. The molecule has 0 spiro atoms. The number of nitrogens with zero attached hydrogens (tertiary/aromatic N) is 3. The van der Waals surface area contributed by atoms with E-state index < -0.39 is 0 Å². The number of hydrogen-bond donors (Lipinski definition) is 0. The van der Waals surface area contributed by atoms with Crippen LogP contribution < -0.4 is 4.74 Å². The van der Waals surface area contributed by atoms with Crippen molar-refractivity contribution in [1.29, 1.82) is 0 Å². The van der Waals surface area contributed by atoms with Crippen LogP contribution in [-0.2, 0) is 6.54 Å². The Morgan fingerprint density at radius 2 is 1.65 bits per heavy atom. The third kappa shape index (κ3) is 4.24. The zero-order valence-corrected chi connectivity index (χ0v) is 15.9. The van der Waals surface area contributed by atoms with Crippen molar-refractivity contribution in [1.82, 2.24) is 14.9 Å². The number of likely N-dealkylation sites (tertiary alicyclic amines) is 1. The van der Waals surface area contributed by atoms with Crippen LogP contribution >= 0.6 is 0 Å². The van der Waals surface area contributed by atoms with Gasteiger partial charge in [-0.2, -0.15) is 0 Å². The highest BCUT2D eigenvalue weighted by Crippen LogP contribution is 2.41. The smallest absolute Gasteiger partial charge is 0.316 e. The molecule has 4 heteroatoms. The molecule has 0 N–H and O–H groups in total. The molecule has 1 aromatic carbocycles. The zero-order valence-electron chi connectivity index (χ0n) is 15.9. The Hall–Kier alpha value is -1.94. The molecule has 0 atom stereocenters. The summed E-state index contributed by atoms with van der Waals surface area (Å²) in [5.74, 6) is 1.30. The Balaban J connectivity index is 1.24. The molecule has 1 aromatic heterocycles. The van der Waals surface area contributed by atoms with Crippen molar-refractivity contribution in [3.8, 4) is 6.01 Å². The van der Waals surface area contributed by atoms with E-state index in [-0.39, 0.29) is 0 Å². The fourth-order valence-corrected chi connectivity index (χ4v) is 4.19. The minimum Gasteiger partial charge on any atom is -0.463 e. The van der Waals surface area contributed by atoms with Crippen LogP contribution in [0, 0.1) is 19.8 Å². The Labute approximate surface area is 156 Å². The lowest BCUT2D eigenvalue weighted by molar-refractivity contribution is 0.149. The van der Waals surface area contributed by atoms with Gasteiger partial charge in [0.1, 0.15) is 0 Å². The summed E-state index contributed by atoms with van der Waals surface area (Å²) in [4.78, 5) is 11.3. The monoisotopic (exact) mass is 351 g/mol. The summed E-state index contributed by atoms with van der Waals surface area (Å²) in [5.41, 5.74) is 4.86. The molecule has 4 rings (SSSR count). The maximum atomic E-state index is 5.82.